The minimum absolute atomic E-state index is 0.000992. The molecule has 94 valence electrons. The molecule has 0 fully saturated rings. The number of rotatable bonds is 3. The largest absolute Gasteiger partial charge is 0.424 e. The summed E-state index contributed by atoms with van der Waals surface area (Å²) in [5.41, 5.74) is 6.72. The molecule has 0 atom stereocenters. The van der Waals surface area contributed by atoms with Gasteiger partial charge in [0.05, 0.1) is 5.69 Å². The van der Waals surface area contributed by atoms with Crippen LogP contribution in [0, 0.1) is 18.6 Å². The molecule has 2 aromatic rings. The van der Waals surface area contributed by atoms with E-state index in [-0.39, 0.29) is 18.3 Å². The molecule has 1 heterocycles. The third-order valence-corrected chi connectivity index (χ3v) is 2.14. The third kappa shape index (κ3) is 2.98. The fourth-order valence-corrected chi connectivity index (χ4v) is 1.45. The van der Waals surface area contributed by atoms with E-state index in [9.17, 15) is 8.78 Å². The minimum atomic E-state index is -0.725. The number of ether oxygens (including phenoxy) is 1. The van der Waals surface area contributed by atoms with Gasteiger partial charge < -0.3 is 10.5 Å². The lowest BCUT2D eigenvalue weighted by Crippen LogP contribution is -2.03. The molecule has 0 saturated carbocycles. The Hall–Kier alpha value is -2.08. The number of aromatic nitrogens is 2. The SMILES string of the molecule is Cc1cc(CN)nc(Oc2cc(F)cc(F)c2)n1. The van der Waals surface area contributed by atoms with Gasteiger partial charge in [0.25, 0.3) is 0 Å². The van der Waals surface area contributed by atoms with Crippen LogP contribution in [0.25, 0.3) is 0 Å². The Morgan fingerprint density at radius 3 is 2.39 bits per heavy atom. The molecular weight excluding hydrogens is 240 g/mol. The van der Waals surface area contributed by atoms with Crippen molar-refractivity contribution in [1.82, 2.24) is 9.97 Å². The lowest BCUT2D eigenvalue weighted by molar-refractivity contribution is 0.429. The normalized spacial score (nSPS) is 10.4. The van der Waals surface area contributed by atoms with Gasteiger partial charge in [-0.15, -0.1) is 0 Å². The average Bonchev–Trinajstić information content (AvgIpc) is 2.26. The summed E-state index contributed by atoms with van der Waals surface area (Å²) in [6.45, 7) is 1.98. The predicted octanol–water partition coefficient (Wildman–Crippen LogP) is 2.31. The molecule has 1 aromatic carbocycles. The van der Waals surface area contributed by atoms with Crippen molar-refractivity contribution in [3.63, 3.8) is 0 Å². The van der Waals surface area contributed by atoms with Crippen molar-refractivity contribution in [2.45, 2.75) is 13.5 Å². The van der Waals surface area contributed by atoms with Crippen molar-refractivity contribution in [2.75, 3.05) is 0 Å². The van der Waals surface area contributed by atoms with Crippen molar-refractivity contribution >= 4 is 0 Å². The van der Waals surface area contributed by atoms with E-state index in [4.69, 9.17) is 10.5 Å². The maximum Gasteiger partial charge on any atom is 0.322 e. The number of nitrogens with zero attached hydrogens (tertiary/aromatic N) is 2. The maximum absolute atomic E-state index is 13.0. The van der Waals surface area contributed by atoms with Crippen LogP contribution in [0.5, 0.6) is 11.8 Å². The summed E-state index contributed by atoms with van der Waals surface area (Å²) in [7, 11) is 0. The molecule has 2 rings (SSSR count). The molecule has 0 radical (unpaired) electrons. The third-order valence-electron chi connectivity index (χ3n) is 2.14. The number of benzene rings is 1. The molecule has 0 aliphatic rings. The lowest BCUT2D eigenvalue weighted by atomic mass is 10.3. The highest BCUT2D eigenvalue weighted by Gasteiger charge is 2.06. The van der Waals surface area contributed by atoms with Crippen LogP contribution in [0.4, 0.5) is 8.78 Å². The van der Waals surface area contributed by atoms with Crippen molar-refractivity contribution in [3.8, 4) is 11.8 Å². The monoisotopic (exact) mass is 251 g/mol. The molecule has 6 heteroatoms. The number of hydrogen-bond acceptors (Lipinski definition) is 4. The lowest BCUT2D eigenvalue weighted by Gasteiger charge is -2.06. The topological polar surface area (TPSA) is 61.0 Å². The van der Waals surface area contributed by atoms with E-state index < -0.39 is 11.6 Å². The molecule has 0 amide bonds. The Balaban J connectivity index is 2.30. The second-order valence-electron chi connectivity index (χ2n) is 3.69. The Kier molecular flexibility index (Phi) is 3.47. The summed E-state index contributed by atoms with van der Waals surface area (Å²) in [5.74, 6) is -1.45. The molecular formula is C12H11F2N3O. The number of aryl methyl sites for hydroxylation is 1. The Morgan fingerprint density at radius 2 is 1.78 bits per heavy atom. The van der Waals surface area contributed by atoms with Gasteiger partial charge in [-0.1, -0.05) is 0 Å². The molecule has 4 nitrogen and oxygen atoms in total. The van der Waals surface area contributed by atoms with Crippen LogP contribution in [0.2, 0.25) is 0 Å². The van der Waals surface area contributed by atoms with Crippen molar-refractivity contribution in [2.24, 2.45) is 5.73 Å². The van der Waals surface area contributed by atoms with E-state index in [1.807, 2.05) is 0 Å². The summed E-state index contributed by atoms with van der Waals surface area (Å²) < 4.78 is 31.2. The molecule has 18 heavy (non-hydrogen) atoms. The van der Waals surface area contributed by atoms with Gasteiger partial charge in [0.15, 0.2) is 0 Å². The highest BCUT2D eigenvalue weighted by Crippen LogP contribution is 2.20. The molecule has 1 aromatic heterocycles. The molecule has 0 spiro atoms. The summed E-state index contributed by atoms with van der Waals surface area (Å²) >= 11 is 0. The second-order valence-corrected chi connectivity index (χ2v) is 3.69. The van der Waals surface area contributed by atoms with Gasteiger partial charge in [-0.2, -0.15) is 4.98 Å². The molecule has 0 aliphatic heterocycles. The zero-order chi connectivity index (χ0) is 13.1. The van der Waals surface area contributed by atoms with E-state index in [0.29, 0.717) is 11.4 Å². The van der Waals surface area contributed by atoms with Gasteiger partial charge in [-0.25, -0.2) is 13.8 Å². The zero-order valence-electron chi connectivity index (χ0n) is 9.65. The summed E-state index contributed by atoms with van der Waals surface area (Å²) in [6.07, 6.45) is 0. The quantitative estimate of drug-likeness (QED) is 0.909. The smallest absolute Gasteiger partial charge is 0.322 e. The van der Waals surface area contributed by atoms with Crippen LogP contribution in [0.3, 0.4) is 0 Å². The van der Waals surface area contributed by atoms with Crippen molar-refractivity contribution < 1.29 is 13.5 Å². The summed E-state index contributed by atoms with van der Waals surface area (Å²) in [5, 5.41) is 0. The Labute approximate surface area is 102 Å². The zero-order valence-corrected chi connectivity index (χ0v) is 9.65. The van der Waals surface area contributed by atoms with E-state index in [1.54, 1.807) is 13.0 Å². The van der Waals surface area contributed by atoms with Crippen LogP contribution >= 0.6 is 0 Å². The van der Waals surface area contributed by atoms with E-state index in [0.717, 1.165) is 18.2 Å². The fourth-order valence-electron chi connectivity index (χ4n) is 1.45. The van der Waals surface area contributed by atoms with Crippen LogP contribution in [-0.4, -0.2) is 9.97 Å². The van der Waals surface area contributed by atoms with E-state index in [2.05, 4.69) is 9.97 Å². The first-order valence-corrected chi connectivity index (χ1v) is 5.25. The summed E-state index contributed by atoms with van der Waals surface area (Å²) in [4.78, 5) is 8.01. The van der Waals surface area contributed by atoms with Crippen molar-refractivity contribution in [3.05, 3.63) is 47.3 Å². The van der Waals surface area contributed by atoms with Crippen LogP contribution < -0.4 is 10.5 Å². The first kappa shape index (κ1) is 12.4. The number of nitrogens with two attached hydrogens (primary N) is 1. The number of halogens is 2. The molecule has 0 bridgehead atoms. The highest BCUT2D eigenvalue weighted by molar-refractivity contribution is 5.27. The van der Waals surface area contributed by atoms with Crippen molar-refractivity contribution in [1.29, 1.82) is 0 Å². The van der Waals surface area contributed by atoms with Crippen LogP contribution in [0.15, 0.2) is 24.3 Å². The molecule has 0 aliphatic carbocycles. The fraction of sp³-hybridized carbons (Fsp3) is 0.167. The standard InChI is InChI=1S/C12H11F2N3O/c1-7-2-10(6-15)17-12(16-7)18-11-4-8(13)3-9(14)5-11/h2-5H,6,15H2,1H3. The number of hydrogen-bond donors (Lipinski definition) is 1. The minimum Gasteiger partial charge on any atom is -0.424 e. The van der Waals surface area contributed by atoms with Crippen LogP contribution in [-0.2, 0) is 6.54 Å². The predicted molar refractivity (Wildman–Crippen MR) is 61.1 cm³/mol. The van der Waals surface area contributed by atoms with Gasteiger partial charge in [0.1, 0.15) is 17.4 Å². The van der Waals surface area contributed by atoms with Gasteiger partial charge in [0, 0.05) is 30.4 Å². The maximum atomic E-state index is 13.0. The van der Waals surface area contributed by atoms with Gasteiger partial charge in [0.2, 0.25) is 0 Å². The Bertz CT molecular complexity index is 555. The first-order chi connectivity index (χ1) is 8.56. The summed E-state index contributed by atoms with van der Waals surface area (Å²) in [6, 6.07) is 4.59. The van der Waals surface area contributed by atoms with E-state index >= 15 is 0 Å². The molecule has 0 unspecified atom stereocenters. The first-order valence-electron chi connectivity index (χ1n) is 5.25. The highest BCUT2D eigenvalue weighted by atomic mass is 19.1. The van der Waals surface area contributed by atoms with Crippen LogP contribution in [0.1, 0.15) is 11.4 Å². The van der Waals surface area contributed by atoms with Gasteiger partial charge in [-0.3, -0.25) is 0 Å². The van der Waals surface area contributed by atoms with E-state index in [1.165, 1.54) is 0 Å². The van der Waals surface area contributed by atoms with Gasteiger partial charge >= 0.3 is 6.01 Å². The van der Waals surface area contributed by atoms with Gasteiger partial charge in [-0.05, 0) is 13.0 Å². The average molecular weight is 251 g/mol. The Morgan fingerprint density at radius 1 is 1.11 bits per heavy atom. The molecule has 0 saturated heterocycles. The molecule has 2 N–H and O–H groups in total. The second kappa shape index (κ2) is 5.05.